The summed E-state index contributed by atoms with van der Waals surface area (Å²) in [5.41, 5.74) is 1.33. The minimum absolute atomic E-state index is 0.114. The highest BCUT2D eigenvalue weighted by Crippen LogP contribution is 2.35. The minimum atomic E-state index is -4.82. The van der Waals surface area contributed by atoms with Gasteiger partial charge in [0.2, 0.25) is 5.82 Å². The van der Waals surface area contributed by atoms with E-state index in [0.29, 0.717) is 16.7 Å². The molecule has 0 spiro atoms. The van der Waals surface area contributed by atoms with Crippen molar-refractivity contribution in [1.29, 1.82) is 0 Å². The first-order chi connectivity index (χ1) is 15.5. The average Bonchev–Trinajstić information content (AvgIpc) is 3.17. The van der Waals surface area contributed by atoms with E-state index in [1.165, 1.54) is 43.5 Å². The summed E-state index contributed by atoms with van der Waals surface area (Å²) in [7, 11) is 0. The van der Waals surface area contributed by atoms with Gasteiger partial charge < -0.3 is 9.47 Å². The topological polar surface area (TPSA) is 48.7 Å². The quantitative estimate of drug-likeness (QED) is 0.314. The summed E-state index contributed by atoms with van der Waals surface area (Å²) < 4.78 is 89.8. The summed E-state index contributed by atoms with van der Waals surface area (Å²) in [6, 6.07) is 12.9. The van der Waals surface area contributed by atoms with Crippen molar-refractivity contribution in [1.82, 2.24) is 14.6 Å². The van der Waals surface area contributed by atoms with Gasteiger partial charge in [-0.3, -0.25) is 4.40 Å². The fraction of sp³-hybridized carbons (Fsp3) is 0.182. The van der Waals surface area contributed by atoms with Gasteiger partial charge in [-0.05, 0) is 60.0 Å². The summed E-state index contributed by atoms with van der Waals surface area (Å²) in [5.74, 6) is -1.70. The van der Waals surface area contributed by atoms with E-state index in [9.17, 15) is 26.3 Å². The molecule has 0 radical (unpaired) electrons. The SMILES string of the molecule is CC(OC(F)(F)c1nnc2ccc(-c3ccc(OC(F)(F)F)cc3)cn12)c1ccc(F)cc1. The van der Waals surface area contributed by atoms with Crippen molar-refractivity contribution in [3.63, 3.8) is 0 Å². The molecule has 11 heteroatoms. The first-order valence-corrected chi connectivity index (χ1v) is 9.54. The molecule has 33 heavy (non-hydrogen) atoms. The Morgan fingerprint density at radius 2 is 1.45 bits per heavy atom. The molecular formula is C22H15F6N3O2. The van der Waals surface area contributed by atoms with Gasteiger partial charge in [0.25, 0.3) is 0 Å². The van der Waals surface area contributed by atoms with Gasteiger partial charge in [0, 0.05) is 6.20 Å². The number of alkyl halides is 5. The lowest BCUT2D eigenvalue weighted by molar-refractivity contribution is -0.277. The van der Waals surface area contributed by atoms with Crippen LogP contribution in [0.2, 0.25) is 0 Å². The van der Waals surface area contributed by atoms with Crippen LogP contribution in [0.25, 0.3) is 16.8 Å². The van der Waals surface area contributed by atoms with Crippen LogP contribution in [0.5, 0.6) is 5.75 Å². The first kappa shape index (κ1) is 22.6. The van der Waals surface area contributed by atoms with Gasteiger partial charge in [0.1, 0.15) is 11.6 Å². The molecule has 2 heterocycles. The van der Waals surface area contributed by atoms with E-state index in [1.54, 1.807) is 6.07 Å². The molecule has 2 aromatic carbocycles. The number of fused-ring (bicyclic) bond motifs is 1. The number of hydrogen-bond acceptors (Lipinski definition) is 4. The maximum atomic E-state index is 14.9. The Labute approximate surface area is 183 Å². The third kappa shape index (κ3) is 5.08. The van der Waals surface area contributed by atoms with E-state index in [2.05, 4.69) is 14.9 Å². The molecular weight excluding hydrogens is 452 g/mol. The second-order valence-corrected chi connectivity index (χ2v) is 7.07. The highest BCUT2D eigenvalue weighted by Gasteiger charge is 2.41. The van der Waals surface area contributed by atoms with Crippen molar-refractivity contribution in [3.8, 4) is 16.9 Å². The number of aromatic nitrogens is 3. The lowest BCUT2D eigenvalue weighted by atomic mass is 10.1. The molecule has 0 aliphatic carbocycles. The third-order valence-electron chi connectivity index (χ3n) is 4.75. The molecule has 0 saturated heterocycles. The zero-order chi connectivity index (χ0) is 23.8. The van der Waals surface area contributed by atoms with Crippen molar-refractivity contribution in [2.45, 2.75) is 25.5 Å². The number of halogens is 6. The van der Waals surface area contributed by atoms with E-state index >= 15 is 0 Å². The molecule has 5 nitrogen and oxygen atoms in total. The molecule has 0 bridgehead atoms. The van der Waals surface area contributed by atoms with Crippen LogP contribution >= 0.6 is 0 Å². The van der Waals surface area contributed by atoms with Crippen LogP contribution in [0.3, 0.4) is 0 Å². The minimum Gasteiger partial charge on any atom is -0.406 e. The standard InChI is InChI=1S/C22H15F6N3O2/c1-13(14-2-7-17(23)8-3-14)32-21(24,25)20-30-29-19-11-6-16(12-31(19)20)15-4-9-18(10-5-15)33-22(26,27)28/h2-13H,1H3. The average molecular weight is 467 g/mol. The largest absolute Gasteiger partial charge is 0.573 e. The van der Waals surface area contributed by atoms with Crippen LogP contribution in [0.1, 0.15) is 24.4 Å². The highest BCUT2D eigenvalue weighted by molar-refractivity contribution is 5.65. The van der Waals surface area contributed by atoms with Crippen molar-refractivity contribution < 1.29 is 35.8 Å². The molecule has 2 aromatic heterocycles. The van der Waals surface area contributed by atoms with Gasteiger partial charge >= 0.3 is 12.5 Å². The molecule has 0 amide bonds. The van der Waals surface area contributed by atoms with Gasteiger partial charge in [-0.2, -0.15) is 8.78 Å². The maximum absolute atomic E-state index is 14.9. The van der Waals surface area contributed by atoms with Gasteiger partial charge in [-0.1, -0.05) is 24.3 Å². The summed E-state index contributed by atoms with van der Waals surface area (Å²) in [6.07, 6.45) is -8.44. The summed E-state index contributed by atoms with van der Waals surface area (Å²) in [6.45, 7) is 1.39. The highest BCUT2D eigenvalue weighted by atomic mass is 19.4. The molecule has 1 unspecified atom stereocenters. The Morgan fingerprint density at radius 3 is 2.09 bits per heavy atom. The third-order valence-corrected chi connectivity index (χ3v) is 4.75. The van der Waals surface area contributed by atoms with E-state index < -0.39 is 36.0 Å². The molecule has 0 aliphatic rings. The predicted molar refractivity (Wildman–Crippen MR) is 105 cm³/mol. The van der Waals surface area contributed by atoms with E-state index in [4.69, 9.17) is 4.74 Å². The molecule has 4 rings (SSSR count). The van der Waals surface area contributed by atoms with Crippen LogP contribution in [0.4, 0.5) is 26.3 Å². The van der Waals surface area contributed by atoms with Crippen molar-refractivity contribution in [2.24, 2.45) is 0 Å². The van der Waals surface area contributed by atoms with E-state index in [0.717, 1.165) is 28.7 Å². The van der Waals surface area contributed by atoms with E-state index in [-0.39, 0.29) is 5.65 Å². The van der Waals surface area contributed by atoms with Crippen LogP contribution < -0.4 is 4.74 Å². The second-order valence-electron chi connectivity index (χ2n) is 7.07. The Bertz CT molecular complexity index is 1250. The van der Waals surface area contributed by atoms with Gasteiger partial charge in [-0.15, -0.1) is 23.4 Å². The first-order valence-electron chi connectivity index (χ1n) is 9.54. The number of pyridine rings is 1. The lowest BCUT2D eigenvalue weighted by Crippen LogP contribution is -2.23. The van der Waals surface area contributed by atoms with Gasteiger partial charge in [0.05, 0.1) is 6.10 Å². The lowest BCUT2D eigenvalue weighted by Gasteiger charge is -2.21. The van der Waals surface area contributed by atoms with Gasteiger partial charge in [-0.25, -0.2) is 4.39 Å². The molecule has 0 saturated carbocycles. The van der Waals surface area contributed by atoms with Crippen LogP contribution in [-0.4, -0.2) is 21.0 Å². The number of rotatable bonds is 6. The number of benzene rings is 2. The van der Waals surface area contributed by atoms with Crippen LogP contribution in [0.15, 0.2) is 66.9 Å². The van der Waals surface area contributed by atoms with Crippen molar-refractivity contribution in [2.75, 3.05) is 0 Å². The summed E-state index contributed by atoms with van der Waals surface area (Å²) >= 11 is 0. The molecule has 0 aliphatic heterocycles. The summed E-state index contributed by atoms with van der Waals surface area (Å²) in [5, 5.41) is 7.27. The van der Waals surface area contributed by atoms with Crippen LogP contribution in [-0.2, 0) is 10.8 Å². The Hall–Kier alpha value is -3.60. The van der Waals surface area contributed by atoms with Crippen molar-refractivity contribution in [3.05, 3.63) is 84.1 Å². The molecule has 4 aromatic rings. The Morgan fingerprint density at radius 1 is 0.818 bits per heavy atom. The predicted octanol–water partition coefficient (Wildman–Crippen LogP) is 6.26. The fourth-order valence-corrected chi connectivity index (χ4v) is 3.19. The van der Waals surface area contributed by atoms with E-state index in [1.807, 2.05) is 0 Å². The molecule has 0 fully saturated rings. The van der Waals surface area contributed by atoms with Gasteiger partial charge in [0.15, 0.2) is 5.65 Å². The Kier molecular flexibility index (Phi) is 5.75. The number of ether oxygens (including phenoxy) is 2. The zero-order valence-electron chi connectivity index (χ0n) is 16.9. The smallest absolute Gasteiger partial charge is 0.406 e. The zero-order valence-corrected chi connectivity index (χ0v) is 16.9. The maximum Gasteiger partial charge on any atom is 0.573 e. The molecule has 172 valence electrons. The number of hydrogen-bond donors (Lipinski definition) is 0. The molecule has 0 N–H and O–H groups in total. The van der Waals surface area contributed by atoms with Crippen molar-refractivity contribution >= 4 is 5.65 Å². The fourth-order valence-electron chi connectivity index (χ4n) is 3.19. The number of nitrogens with zero attached hydrogens (tertiary/aromatic N) is 3. The van der Waals surface area contributed by atoms with Crippen LogP contribution in [0, 0.1) is 5.82 Å². The summed E-state index contributed by atoms with van der Waals surface area (Å²) in [4.78, 5) is 0. The monoisotopic (exact) mass is 467 g/mol. The second kappa shape index (κ2) is 8.39. The Balaban J connectivity index is 1.61. The molecule has 1 atom stereocenters. The normalized spacial score (nSPS) is 13.3.